The molecule has 0 spiro atoms. The lowest BCUT2D eigenvalue weighted by Crippen LogP contribution is -2.03. The summed E-state index contributed by atoms with van der Waals surface area (Å²) in [5.74, 6) is 0.195. The number of nitriles is 1. The van der Waals surface area contributed by atoms with Crippen LogP contribution in [0.3, 0.4) is 0 Å². The number of hydrogen-bond acceptors (Lipinski definition) is 5. The summed E-state index contributed by atoms with van der Waals surface area (Å²) in [6.07, 6.45) is 0. The Balaban J connectivity index is 1.87. The van der Waals surface area contributed by atoms with Crippen LogP contribution in [0.25, 0.3) is 11.3 Å². The van der Waals surface area contributed by atoms with Gasteiger partial charge in [0, 0.05) is 5.56 Å². The SMILES string of the molecule is COC(=O)c1cc(C#N)nc(-c2ccc(Oc3ccc(F)cc3)cc2)c1. The van der Waals surface area contributed by atoms with Gasteiger partial charge < -0.3 is 9.47 Å². The molecule has 0 atom stereocenters. The summed E-state index contributed by atoms with van der Waals surface area (Å²) in [5, 5.41) is 9.10. The van der Waals surface area contributed by atoms with E-state index < -0.39 is 5.97 Å². The molecule has 2 aromatic carbocycles. The number of esters is 1. The topological polar surface area (TPSA) is 72.2 Å². The van der Waals surface area contributed by atoms with Gasteiger partial charge in [-0.3, -0.25) is 0 Å². The Bertz CT molecular complexity index is 977. The van der Waals surface area contributed by atoms with Crippen molar-refractivity contribution in [2.45, 2.75) is 0 Å². The molecule has 128 valence electrons. The van der Waals surface area contributed by atoms with Crippen molar-refractivity contribution >= 4 is 5.97 Å². The van der Waals surface area contributed by atoms with E-state index in [1.165, 1.54) is 37.4 Å². The fourth-order valence-electron chi connectivity index (χ4n) is 2.30. The lowest BCUT2D eigenvalue weighted by atomic mass is 10.1. The third-order valence-corrected chi connectivity index (χ3v) is 3.56. The molecule has 1 heterocycles. The maximum Gasteiger partial charge on any atom is 0.338 e. The second-order valence-corrected chi connectivity index (χ2v) is 5.31. The monoisotopic (exact) mass is 348 g/mol. The molecule has 0 saturated carbocycles. The van der Waals surface area contributed by atoms with E-state index in [0.29, 0.717) is 22.8 Å². The van der Waals surface area contributed by atoms with Gasteiger partial charge in [0.2, 0.25) is 0 Å². The maximum atomic E-state index is 12.9. The molecule has 3 rings (SSSR count). The fraction of sp³-hybridized carbons (Fsp3) is 0.0500. The van der Waals surface area contributed by atoms with Gasteiger partial charge in [0.1, 0.15) is 29.1 Å². The first-order valence-electron chi connectivity index (χ1n) is 7.63. The van der Waals surface area contributed by atoms with Crippen molar-refractivity contribution < 1.29 is 18.7 Å². The van der Waals surface area contributed by atoms with Gasteiger partial charge in [-0.2, -0.15) is 5.26 Å². The van der Waals surface area contributed by atoms with E-state index in [9.17, 15) is 9.18 Å². The zero-order chi connectivity index (χ0) is 18.5. The number of halogens is 1. The minimum Gasteiger partial charge on any atom is -0.465 e. The molecular weight excluding hydrogens is 335 g/mol. The van der Waals surface area contributed by atoms with E-state index in [4.69, 9.17) is 14.7 Å². The molecule has 0 fully saturated rings. The third-order valence-electron chi connectivity index (χ3n) is 3.56. The van der Waals surface area contributed by atoms with Gasteiger partial charge in [0.05, 0.1) is 18.4 Å². The third kappa shape index (κ3) is 3.84. The molecule has 6 heteroatoms. The van der Waals surface area contributed by atoms with Crippen LogP contribution in [0.1, 0.15) is 16.1 Å². The Morgan fingerprint density at radius 1 is 1.04 bits per heavy atom. The number of benzene rings is 2. The van der Waals surface area contributed by atoms with Gasteiger partial charge in [0.15, 0.2) is 0 Å². The van der Waals surface area contributed by atoms with Gasteiger partial charge in [-0.25, -0.2) is 14.2 Å². The number of rotatable bonds is 4. The summed E-state index contributed by atoms with van der Waals surface area (Å²) in [4.78, 5) is 16.0. The fourth-order valence-corrected chi connectivity index (χ4v) is 2.30. The summed E-state index contributed by atoms with van der Waals surface area (Å²) >= 11 is 0. The number of pyridine rings is 1. The van der Waals surface area contributed by atoms with Gasteiger partial charge in [-0.15, -0.1) is 0 Å². The van der Waals surface area contributed by atoms with Gasteiger partial charge in [-0.05, 0) is 60.7 Å². The highest BCUT2D eigenvalue weighted by atomic mass is 19.1. The van der Waals surface area contributed by atoms with Crippen LogP contribution in [-0.4, -0.2) is 18.1 Å². The van der Waals surface area contributed by atoms with Crippen molar-refractivity contribution in [1.29, 1.82) is 5.26 Å². The van der Waals surface area contributed by atoms with Crippen LogP contribution in [0.4, 0.5) is 4.39 Å². The van der Waals surface area contributed by atoms with E-state index in [1.807, 2.05) is 6.07 Å². The number of methoxy groups -OCH3 is 1. The van der Waals surface area contributed by atoms with Crippen LogP contribution >= 0.6 is 0 Å². The zero-order valence-corrected chi connectivity index (χ0v) is 13.8. The summed E-state index contributed by atoms with van der Waals surface area (Å²) in [5.41, 5.74) is 1.55. The number of carbonyl (C=O) groups is 1. The van der Waals surface area contributed by atoms with Crippen LogP contribution in [0.5, 0.6) is 11.5 Å². The Labute approximate surface area is 149 Å². The maximum absolute atomic E-state index is 12.9. The van der Waals surface area contributed by atoms with Crippen molar-refractivity contribution in [3.63, 3.8) is 0 Å². The molecule has 0 saturated heterocycles. The van der Waals surface area contributed by atoms with Gasteiger partial charge in [-0.1, -0.05) is 0 Å². The summed E-state index contributed by atoms with van der Waals surface area (Å²) < 4.78 is 23.3. The van der Waals surface area contributed by atoms with Crippen LogP contribution in [-0.2, 0) is 4.74 Å². The standard InChI is InChI=1S/C20H13FN2O3/c1-25-20(24)14-10-16(12-22)23-19(11-14)13-2-6-17(7-3-13)26-18-8-4-15(21)5-9-18/h2-11H,1H3. The molecule has 26 heavy (non-hydrogen) atoms. The molecule has 0 amide bonds. The molecule has 0 unspecified atom stereocenters. The largest absolute Gasteiger partial charge is 0.465 e. The van der Waals surface area contributed by atoms with Crippen molar-refractivity contribution in [1.82, 2.24) is 4.98 Å². The molecule has 0 N–H and O–H groups in total. The number of ether oxygens (including phenoxy) is 2. The molecule has 3 aromatic rings. The number of carbonyl (C=O) groups excluding carboxylic acids is 1. The minimum atomic E-state index is -0.540. The van der Waals surface area contributed by atoms with Crippen LogP contribution in [0, 0.1) is 17.1 Å². The predicted octanol–water partition coefficient (Wildman–Crippen LogP) is 4.34. The smallest absolute Gasteiger partial charge is 0.338 e. The van der Waals surface area contributed by atoms with Crippen molar-refractivity contribution in [3.8, 4) is 28.8 Å². The van der Waals surface area contributed by atoms with Gasteiger partial charge in [0.25, 0.3) is 0 Å². The number of hydrogen-bond donors (Lipinski definition) is 0. The molecule has 0 aliphatic heterocycles. The number of nitrogens with zero attached hydrogens (tertiary/aromatic N) is 2. The van der Waals surface area contributed by atoms with Crippen molar-refractivity contribution in [2.24, 2.45) is 0 Å². The van der Waals surface area contributed by atoms with E-state index in [2.05, 4.69) is 4.98 Å². The lowest BCUT2D eigenvalue weighted by Gasteiger charge is -2.08. The normalized spacial score (nSPS) is 10.0. The zero-order valence-electron chi connectivity index (χ0n) is 13.8. The minimum absolute atomic E-state index is 0.120. The molecule has 5 nitrogen and oxygen atoms in total. The number of aromatic nitrogens is 1. The molecule has 0 aliphatic rings. The van der Waals surface area contributed by atoms with E-state index in [1.54, 1.807) is 30.3 Å². The molecule has 0 aliphatic carbocycles. The predicted molar refractivity (Wildman–Crippen MR) is 92.2 cm³/mol. The quantitative estimate of drug-likeness (QED) is 0.656. The average molecular weight is 348 g/mol. The van der Waals surface area contributed by atoms with Crippen LogP contribution in [0.2, 0.25) is 0 Å². The lowest BCUT2D eigenvalue weighted by molar-refractivity contribution is 0.0600. The van der Waals surface area contributed by atoms with Crippen LogP contribution in [0.15, 0.2) is 60.7 Å². The summed E-state index contributed by atoms with van der Waals surface area (Å²) in [7, 11) is 1.27. The Kier molecular flexibility index (Phi) is 4.90. The van der Waals surface area contributed by atoms with Crippen molar-refractivity contribution in [3.05, 3.63) is 77.7 Å². The van der Waals surface area contributed by atoms with Gasteiger partial charge >= 0.3 is 5.97 Å². The first-order chi connectivity index (χ1) is 12.6. The molecule has 1 aromatic heterocycles. The van der Waals surface area contributed by atoms with Crippen molar-refractivity contribution in [2.75, 3.05) is 7.11 Å². The highest BCUT2D eigenvalue weighted by molar-refractivity contribution is 5.90. The van der Waals surface area contributed by atoms with E-state index >= 15 is 0 Å². The Morgan fingerprint density at radius 2 is 1.65 bits per heavy atom. The highest BCUT2D eigenvalue weighted by Gasteiger charge is 2.11. The van der Waals surface area contributed by atoms with Crippen LogP contribution < -0.4 is 4.74 Å². The van der Waals surface area contributed by atoms with E-state index in [-0.39, 0.29) is 17.1 Å². The molecule has 0 bridgehead atoms. The first-order valence-corrected chi connectivity index (χ1v) is 7.63. The highest BCUT2D eigenvalue weighted by Crippen LogP contribution is 2.26. The molecular formula is C20H13FN2O3. The average Bonchev–Trinajstić information content (AvgIpc) is 2.69. The Morgan fingerprint density at radius 3 is 2.23 bits per heavy atom. The second-order valence-electron chi connectivity index (χ2n) is 5.31. The molecule has 0 radical (unpaired) electrons. The Hall–Kier alpha value is -3.72. The summed E-state index contributed by atoms with van der Waals surface area (Å²) in [6, 6.07) is 17.5. The summed E-state index contributed by atoms with van der Waals surface area (Å²) in [6.45, 7) is 0. The second kappa shape index (κ2) is 7.45. The first kappa shape index (κ1) is 17.1. The van der Waals surface area contributed by atoms with E-state index in [0.717, 1.165) is 0 Å².